The van der Waals surface area contributed by atoms with Crippen LogP contribution in [0.15, 0.2) is 35.8 Å². The third-order valence-electron chi connectivity index (χ3n) is 2.19. The highest BCUT2D eigenvalue weighted by Crippen LogP contribution is 2.16. The number of rotatable bonds is 5. The third-order valence-corrected chi connectivity index (χ3v) is 2.92. The molecule has 18 heavy (non-hydrogen) atoms. The molecule has 2 aromatic rings. The zero-order valence-corrected chi connectivity index (χ0v) is 10.7. The summed E-state index contributed by atoms with van der Waals surface area (Å²) in [5, 5.41) is 8.29. The van der Waals surface area contributed by atoms with E-state index in [1.807, 2.05) is 23.6 Å². The van der Waals surface area contributed by atoms with Crippen LogP contribution in [0.1, 0.15) is 0 Å². The molecule has 2 rings (SSSR count). The first-order valence-electron chi connectivity index (χ1n) is 5.35. The van der Waals surface area contributed by atoms with Gasteiger partial charge in [-0.2, -0.15) is 0 Å². The molecule has 0 unspecified atom stereocenters. The van der Waals surface area contributed by atoms with Crippen molar-refractivity contribution in [2.45, 2.75) is 0 Å². The highest BCUT2D eigenvalue weighted by molar-refractivity contribution is 7.13. The zero-order valence-electron chi connectivity index (χ0n) is 9.84. The van der Waals surface area contributed by atoms with Crippen molar-refractivity contribution in [3.63, 3.8) is 0 Å². The summed E-state index contributed by atoms with van der Waals surface area (Å²) in [5.41, 5.74) is 0.709. The highest BCUT2D eigenvalue weighted by Gasteiger charge is 2.03. The first-order chi connectivity index (χ1) is 8.78. The number of carbonyl (C=O) groups excluding carboxylic acids is 1. The molecule has 1 amide bonds. The van der Waals surface area contributed by atoms with E-state index in [4.69, 9.17) is 4.74 Å². The lowest BCUT2D eigenvalue weighted by molar-refractivity contribution is -0.114. The van der Waals surface area contributed by atoms with Gasteiger partial charge in [-0.05, 0) is 12.1 Å². The Kier molecular flexibility index (Phi) is 4.14. The Morgan fingerprint density at radius 1 is 1.50 bits per heavy atom. The van der Waals surface area contributed by atoms with Gasteiger partial charge in [0.1, 0.15) is 5.75 Å². The molecule has 0 fully saturated rings. The fraction of sp³-hybridized carbons (Fsp3) is 0.167. The Morgan fingerprint density at radius 2 is 2.39 bits per heavy atom. The number of hydrogen-bond acceptors (Lipinski definition) is 5. The quantitative estimate of drug-likeness (QED) is 0.868. The van der Waals surface area contributed by atoms with Gasteiger partial charge in [0.05, 0.1) is 13.7 Å². The van der Waals surface area contributed by atoms with Gasteiger partial charge in [0.2, 0.25) is 5.91 Å². The van der Waals surface area contributed by atoms with Crippen LogP contribution in [0.25, 0.3) is 0 Å². The Morgan fingerprint density at radius 3 is 3.11 bits per heavy atom. The van der Waals surface area contributed by atoms with Crippen molar-refractivity contribution in [2.75, 3.05) is 24.3 Å². The zero-order chi connectivity index (χ0) is 12.8. The van der Waals surface area contributed by atoms with Gasteiger partial charge in [-0.25, -0.2) is 4.98 Å². The van der Waals surface area contributed by atoms with E-state index in [0.29, 0.717) is 11.4 Å². The maximum Gasteiger partial charge on any atom is 0.243 e. The molecule has 0 radical (unpaired) electrons. The molecule has 2 N–H and O–H groups in total. The second kappa shape index (κ2) is 6.02. The molecule has 0 saturated carbocycles. The molecule has 1 heterocycles. The number of benzene rings is 1. The lowest BCUT2D eigenvalue weighted by atomic mass is 10.3. The average molecular weight is 263 g/mol. The van der Waals surface area contributed by atoms with E-state index in [0.717, 1.165) is 5.13 Å². The van der Waals surface area contributed by atoms with Crippen LogP contribution in [0, 0.1) is 0 Å². The Bertz CT molecular complexity index is 514. The molecule has 0 aliphatic heterocycles. The number of thiazole rings is 1. The van der Waals surface area contributed by atoms with Crippen LogP contribution in [0.4, 0.5) is 10.8 Å². The van der Waals surface area contributed by atoms with Crippen molar-refractivity contribution in [1.29, 1.82) is 0 Å². The summed E-state index contributed by atoms with van der Waals surface area (Å²) in [6, 6.07) is 7.22. The molecule has 94 valence electrons. The van der Waals surface area contributed by atoms with Gasteiger partial charge in [-0.1, -0.05) is 6.07 Å². The van der Waals surface area contributed by atoms with Crippen LogP contribution < -0.4 is 15.4 Å². The first kappa shape index (κ1) is 12.4. The Hall–Kier alpha value is -2.08. The van der Waals surface area contributed by atoms with E-state index in [1.165, 1.54) is 11.3 Å². The van der Waals surface area contributed by atoms with Crippen LogP contribution >= 0.6 is 11.3 Å². The van der Waals surface area contributed by atoms with Gasteiger partial charge in [-0.3, -0.25) is 4.79 Å². The molecule has 0 atom stereocenters. The molecule has 0 saturated heterocycles. The van der Waals surface area contributed by atoms with E-state index < -0.39 is 0 Å². The van der Waals surface area contributed by atoms with Crippen molar-refractivity contribution >= 4 is 28.1 Å². The maximum atomic E-state index is 11.7. The lowest BCUT2D eigenvalue weighted by Gasteiger charge is -2.07. The summed E-state index contributed by atoms with van der Waals surface area (Å²) in [7, 11) is 1.59. The topological polar surface area (TPSA) is 63.2 Å². The van der Waals surface area contributed by atoms with E-state index in [2.05, 4.69) is 15.6 Å². The minimum atomic E-state index is -0.126. The van der Waals surface area contributed by atoms with E-state index >= 15 is 0 Å². The monoisotopic (exact) mass is 263 g/mol. The second-order valence-electron chi connectivity index (χ2n) is 3.47. The van der Waals surface area contributed by atoms with Crippen molar-refractivity contribution < 1.29 is 9.53 Å². The molecule has 1 aromatic carbocycles. The molecule has 0 aliphatic rings. The van der Waals surface area contributed by atoms with E-state index in [1.54, 1.807) is 19.4 Å². The predicted octanol–water partition coefficient (Wildman–Crippen LogP) is 2.20. The first-order valence-corrected chi connectivity index (χ1v) is 6.23. The molecule has 5 nitrogen and oxygen atoms in total. The number of carbonyl (C=O) groups is 1. The standard InChI is InChI=1S/C12H13N3O2S/c1-17-10-4-2-3-9(7-10)15-11(16)8-14-12-13-5-6-18-12/h2-7H,8H2,1H3,(H,13,14)(H,15,16). The fourth-order valence-electron chi connectivity index (χ4n) is 1.37. The molecular formula is C12H13N3O2S. The SMILES string of the molecule is COc1cccc(NC(=O)CNc2nccs2)c1. The van der Waals surface area contributed by atoms with E-state index in [9.17, 15) is 4.79 Å². The summed E-state index contributed by atoms with van der Waals surface area (Å²) in [4.78, 5) is 15.7. The number of hydrogen-bond donors (Lipinski definition) is 2. The molecule has 0 aliphatic carbocycles. The van der Waals surface area contributed by atoms with Gasteiger partial charge >= 0.3 is 0 Å². The smallest absolute Gasteiger partial charge is 0.243 e. The molecular weight excluding hydrogens is 250 g/mol. The minimum Gasteiger partial charge on any atom is -0.497 e. The van der Waals surface area contributed by atoms with Crippen LogP contribution in [-0.2, 0) is 4.79 Å². The number of nitrogens with zero attached hydrogens (tertiary/aromatic N) is 1. The summed E-state index contributed by atoms with van der Waals surface area (Å²) in [6.07, 6.45) is 1.69. The largest absolute Gasteiger partial charge is 0.497 e. The van der Waals surface area contributed by atoms with Crippen molar-refractivity contribution in [3.05, 3.63) is 35.8 Å². The van der Waals surface area contributed by atoms with Gasteiger partial charge < -0.3 is 15.4 Å². The van der Waals surface area contributed by atoms with Gasteiger partial charge in [0, 0.05) is 23.3 Å². The normalized spacial score (nSPS) is 9.83. The minimum absolute atomic E-state index is 0.126. The van der Waals surface area contributed by atoms with E-state index in [-0.39, 0.29) is 12.5 Å². The average Bonchev–Trinajstić information content (AvgIpc) is 2.90. The van der Waals surface area contributed by atoms with Crippen molar-refractivity contribution in [2.24, 2.45) is 0 Å². The van der Waals surface area contributed by atoms with Crippen LogP contribution in [0.2, 0.25) is 0 Å². The fourth-order valence-corrected chi connectivity index (χ4v) is 1.90. The number of anilines is 2. The van der Waals surface area contributed by atoms with Crippen LogP contribution in [-0.4, -0.2) is 24.5 Å². The number of ether oxygens (including phenoxy) is 1. The van der Waals surface area contributed by atoms with Crippen LogP contribution in [0.3, 0.4) is 0 Å². The highest BCUT2D eigenvalue weighted by atomic mass is 32.1. The predicted molar refractivity (Wildman–Crippen MR) is 72.2 cm³/mol. The Labute approximate surface area is 109 Å². The molecule has 1 aromatic heterocycles. The number of nitrogens with one attached hydrogen (secondary N) is 2. The summed E-state index contributed by atoms with van der Waals surface area (Å²) >= 11 is 1.46. The summed E-state index contributed by atoms with van der Waals surface area (Å²) < 4.78 is 5.08. The number of aromatic nitrogens is 1. The lowest BCUT2D eigenvalue weighted by Crippen LogP contribution is -2.21. The summed E-state index contributed by atoms with van der Waals surface area (Å²) in [5.74, 6) is 0.583. The molecule has 0 spiro atoms. The second-order valence-corrected chi connectivity index (χ2v) is 4.37. The van der Waals surface area contributed by atoms with Crippen LogP contribution in [0.5, 0.6) is 5.75 Å². The van der Waals surface area contributed by atoms with Gasteiger partial charge in [-0.15, -0.1) is 11.3 Å². The van der Waals surface area contributed by atoms with Gasteiger partial charge in [0.15, 0.2) is 5.13 Å². The summed E-state index contributed by atoms with van der Waals surface area (Å²) in [6.45, 7) is 0.185. The maximum absolute atomic E-state index is 11.7. The van der Waals surface area contributed by atoms with Gasteiger partial charge in [0.25, 0.3) is 0 Å². The molecule has 0 bridgehead atoms. The van der Waals surface area contributed by atoms with Crippen molar-refractivity contribution in [1.82, 2.24) is 4.98 Å². The van der Waals surface area contributed by atoms with Crippen molar-refractivity contribution in [3.8, 4) is 5.75 Å². The Balaban J connectivity index is 1.86. The number of methoxy groups -OCH3 is 1. The third kappa shape index (κ3) is 3.46. The molecule has 6 heteroatoms. The number of amides is 1.